The van der Waals surface area contributed by atoms with Gasteiger partial charge in [0, 0.05) is 31.2 Å². The molecule has 1 saturated heterocycles. The van der Waals surface area contributed by atoms with Crippen molar-refractivity contribution in [3.05, 3.63) is 34.9 Å². The van der Waals surface area contributed by atoms with E-state index in [1.54, 1.807) is 43.0 Å². The van der Waals surface area contributed by atoms with E-state index in [0.717, 1.165) is 0 Å². The Labute approximate surface area is 180 Å². The normalized spacial score (nSPS) is 21.6. The predicted molar refractivity (Wildman–Crippen MR) is 110 cm³/mol. The number of amides is 2. The minimum absolute atomic E-state index is 0.164. The van der Waals surface area contributed by atoms with Gasteiger partial charge in [0.05, 0.1) is 13.2 Å². The minimum atomic E-state index is -1.10. The Balaban J connectivity index is 1.83. The van der Waals surface area contributed by atoms with Gasteiger partial charge in [-0.05, 0) is 31.5 Å². The van der Waals surface area contributed by atoms with Crippen LogP contribution in [0.3, 0.4) is 0 Å². The van der Waals surface area contributed by atoms with Gasteiger partial charge in [0.15, 0.2) is 5.92 Å². The second kappa shape index (κ2) is 9.80. The van der Waals surface area contributed by atoms with Crippen LogP contribution in [0.15, 0.2) is 29.3 Å². The van der Waals surface area contributed by atoms with Gasteiger partial charge in [-0.25, -0.2) is 9.79 Å². The van der Waals surface area contributed by atoms with Crippen LogP contribution in [-0.2, 0) is 19.1 Å². The molecule has 9 nitrogen and oxygen atoms in total. The number of nitrogens with one attached hydrogen (secondary N) is 1. The molecule has 0 aromatic heterocycles. The monoisotopic (exact) mass is 436 g/mol. The quantitative estimate of drug-likeness (QED) is 0.570. The summed E-state index contributed by atoms with van der Waals surface area (Å²) in [6.07, 6.45) is -0.356. The fourth-order valence-electron chi connectivity index (χ4n) is 3.47. The van der Waals surface area contributed by atoms with Crippen LogP contribution in [0.2, 0.25) is 5.02 Å². The van der Waals surface area contributed by atoms with Gasteiger partial charge in [-0.15, -0.1) is 0 Å². The van der Waals surface area contributed by atoms with Crippen molar-refractivity contribution >= 4 is 35.5 Å². The van der Waals surface area contributed by atoms with Crippen molar-refractivity contribution in [2.45, 2.75) is 19.9 Å². The first-order valence-electron chi connectivity index (χ1n) is 9.92. The zero-order valence-electron chi connectivity index (χ0n) is 17.0. The molecular weight excluding hydrogens is 412 g/mol. The number of hydrogen-bond donors (Lipinski definition) is 1. The summed E-state index contributed by atoms with van der Waals surface area (Å²) < 4.78 is 10.1. The molecule has 0 spiro atoms. The summed E-state index contributed by atoms with van der Waals surface area (Å²) in [6, 6.07) is 6.18. The van der Waals surface area contributed by atoms with Gasteiger partial charge in [0.1, 0.15) is 6.04 Å². The molecule has 1 aromatic carbocycles. The highest BCUT2D eigenvalue weighted by atomic mass is 35.5. The molecule has 3 rings (SSSR count). The van der Waals surface area contributed by atoms with Gasteiger partial charge < -0.3 is 19.3 Å². The molecule has 2 aliphatic rings. The molecule has 0 saturated carbocycles. The largest absolute Gasteiger partial charge is 0.465 e. The van der Waals surface area contributed by atoms with E-state index in [2.05, 4.69) is 10.3 Å². The average Bonchev–Trinajstić information content (AvgIpc) is 2.73. The lowest BCUT2D eigenvalue weighted by atomic mass is 9.91. The number of benzene rings is 1. The average molecular weight is 437 g/mol. The molecule has 162 valence electrons. The van der Waals surface area contributed by atoms with Crippen molar-refractivity contribution in [2.75, 3.05) is 39.4 Å². The number of esters is 1. The number of halogens is 1. The second-order valence-corrected chi connectivity index (χ2v) is 7.28. The number of hydrogen-bond acceptors (Lipinski definition) is 7. The summed E-state index contributed by atoms with van der Waals surface area (Å²) in [5, 5.41) is 3.21. The Hall–Kier alpha value is -2.81. The highest BCUT2D eigenvalue weighted by Crippen LogP contribution is 2.32. The van der Waals surface area contributed by atoms with Crippen LogP contribution in [0.4, 0.5) is 4.79 Å². The van der Waals surface area contributed by atoms with E-state index in [-0.39, 0.29) is 12.7 Å². The molecule has 1 fully saturated rings. The van der Waals surface area contributed by atoms with Gasteiger partial charge >= 0.3 is 12.1 Å². The van der Waals surface area contributed by atoms with Gasteiger partial charge in [-0.2, -0.15) is 0 Å². The van der Waals surface area contributed by atoms with Crippen LogP contribution in [0.5, 0.6) is 0 Å². The molecule has 1 N–H and O–H groups in total. The fourth-order valence-corrected chi connectivity index (χ4v) is 3.67. The fraction of sp³-hybridized carbons (Fsp3) is 0.500. The molecule has 0 unspecified atom stereocenters. The molecule has 2 amide bonds. The maximum absolute atomic E-state index is 12.9. The van der Waals surface area contributed by atoms with Gasteiger partial charge in [0.2, 0.25) is 11.9 Å². The van der Waals surface area contributed by atoms with Crippen molar-refractivity contribution in [3.63, 3.8) is 0 Å². The van der Waals surface area contributed by atoms with E-state index in [1.165, 1.54) is 0 Å². The Bertz CT molecular complexity index is 838. The molecule has 30 heavy (non-hydrogen) atoms. The second-order valence-electron chi connectivity index (χ2n) is 6.84. The van der Waals surface area contributed by atoms with Crippen molar-refractivity contribution in [1.82, 2.24) is 15.1 Å². The van der Waals surface area contributed by atoms with E-state index in [1.807, 2.05) is 4.90 Å². The summed E-state index contributed by atoms with van der Waals surface area (Å²) in [5.74, 6) is -1.84. The van der Waals surface area contributed by atoms with E-state index in [0.29, 0.717) is 49.3 Å². The minimum Gasteiger partial charge on any atom is -0.465 e. The Morgan fingerprint density at radius 3 is 2.50 bits per heavy atom. The summed E-state index contributed by atoms with van der Waals surface area (Å²) in [7, 11) is 0. The Kier molecular flexibility index (Phi) is 7.15. The molecule has 0 aliphatic carbocycles. The van der Waals surface area contributed by atoms with Crippen LogP contribution in [0.25, 0.3) is 0 Å². The summed E-state index contributed by atoms with van der Waals surface area (Å²) in [4.78, 5) is 45.4. The third-order valence-electron chi connectivity index (χ3n) is 4.93. The number of rotatable bonds is 4. The maximum Gasteiger partial charge on any atom is 0.409 e. The molecule has 10 heteroatoms. The molecule has 2 heterocycles. The van der Waals surface area contributed by atoms with E-state index in [4.69, 9.17) is 21.1 Å². The number of guanidine groups is 1. The molecule has 2 aliphatic heterocycles. The molecule has 0 bridgehead atoms. The zero-order valence-corrected chi connectivity index (χ0v) is 17.7. The summed E-state index contributed by atoms with van der Waals surface area (Å²) in [5.41, 5.74) is 0.651. The van der Waals surface area contributed by atoms with E-state index in [9.17, 15) is 14.4 Å². The lowest BCUT2D eigenvalue weighted by molar-refractivity contribution is -0.153. The van der Waals surface area contributed by atoms with Crippen molar-refractivity contribution in [1.29, 1.82) is 0 Å². The van der Waals surface area contributed by atoms with Crippen LogP contribution in [-0.4, -0.2) is 73.1 Å². The van der Waals surface area contributed by atoms with Crippen molar-refractivity contribution < 1.29 is 23.9 Å². The van der Waals surface area contributed by atoms with Crippen LogP contribution < -0.4 is 5.32 Å². The van der Waals surface area contributed by atoms with Crippen molar-refractivity contribution in [3.8, 4) is 0 Å². The van der Waals surface area contributed by atoms with Gasteiger partial charge in [0.25, 0.3) is 0 Å². The number of piperazine rings is 1. The standard InChI is InChI=1S/C20H25ClN4O5/c1-3-29-18(27)15-16(13-6-5-7-14(21)12-13)22-19(23-17(15)26)24-8-10-25(11-9-24)20(28)30-4-2/h5-7,12,15-16H,3-4,8-11H2,1-2H3,(H,22,23,26)/t15-,16+/m1/s1. The van der Waals surface area contributed by atoms with Crippen LogP contribution in [0.1, 0.15) is 25.5 Å². The number of ether oxygens (including phenoxy) is 2. The first-order valence-corrected chi connectivity index (χ1v) is 10.3. The summed E-state index contributed by atoms with van der Waals surface area (Å²) in [6.45, 7) is 5.76. The topological polar surface area (TPSA) is 101 Å². The zero-order chi connectivity index (χ0) is 21.7. The first-order chi connectivity index (χ1) is 14.4. The van der Waals surface area contributed by atoms with Gasteiger partial charge in [-0.3, -0.25) is 14.9 Å². The van der Waals surface area contributed by atoms with E-state index < -0.39 is 23.8 Å². The lowest BCUT2D eigenvalue weighted by Gasteiger charge is -2.38. The maximum atomic E-state index is 12.9. The van der Waals surface area contributed by atoms with Gasteiger partial charge in [-0.1, -0.05) is 23.7 Å². The molecule has 1 aromatic rings. The highest BCUT2D eigenvalue weighted by Gasteiger charge is 2.42. The smallest absolute Gasteiger partial charge is 0.409 e. The number of aliphatic imine (C=N–C) groups is 1. The van der Waals surface area contributed by atoms with Crippen molar-refractivity contribution in [2.24, 2.45) is 10.9 Å². The van der Waals surface area contributed by atoms with Crippen LogP contribution in [0, 0.1) is 5.92 Å². The third kappa shape index (κ3) is 4.84. The lowest BCUT2D eigenvalue weighted by Crippen LogP contribution is -2.58. The molecular formula is C20H25ClN4O5. The Morgan fingerprint density at radius 1 is 1.17 bits per heavy atom. The van der Waals surface area contributed by atoms with Crippen LogP contribution >= 0.6 is 11.6 Å². The predicted octanol–water partition coefficient (Wildman–Crippen LogP) is 1.82. The number of carbonyl (C=O) groups is 3. The number of nitrogens with zero attached hydrogens (tertiary/aromatic N) is 3. The molecule has 2 atom stereocenters. The Morgan fingerprint density at radius 2 is 1.87 bits per heavy atom. The molecule has 0 radical (unpaired) electrons. The third-order valence-corrected chi connectivity index (χ3v) is 5.17. The first kappa shape index (κ1) is 21.9. The SMILES string of the molecule is CCOC(=O)[C@H]1C(=O)NC(N2CCN(C(=O)OCC)CC2)=N[C@H]1c1cccc(Cl)c1. The highest BCUT2D eigenvalue weighted by molar-refractivity contribution is 6.30. The van der Waals surface area contributed by atoms with E-state index >= 15 is 0 Å². The summed E-state index contributed by atoms with van der Waals surface area (Å²) >= 11 is 6.12. The number of carbonyl (C=O) groups excluding carboxylic acids is 3.